The summed E-state index contributed by atoms with van der Waals surface area (Å²) in [5.41, 5.74) is 25.7. The molecule has 1 saturated heterocycles. The number of rotatable bonds is 8. The van der Waals surface area contributed by atoms with Crippen molar-refractivity contribution in [3.8, 4) is 0 Å². The Balaban J connectivity index is 1.19. The average molecular weight is 566 g/mol. The van der Waals surface area contributed by atoms with E-state index in [4.69, 9.17) is 11.5 Å². The highest BCUT2D eigenvalue weighted by atomic mass is 15.1. The van der Waals surface area contributed by atoms with Crippen LogP contribution in [0.2, 0.25) is 0 Å². The van der Waals surface area contributed by atoms with Crippen LogP contribution in [0.5, 0.6) is 0 Å². The number of fused-ring (bicyclic) bond motifs is 1. The van der Waals surface area contributed by atoms with E-state index in [1.165, 1.54) is 27.8 Å². The van der Waals surface area contributed by atoms with Gasteiger partial charge in [0.15, 0.2) is 0 Å². The maximum absolute atomic E-state index is 8.55. The third-order valence-electron chi connectivity index (χ3n) is 8.47. The molecule has 2 aromatic rings. The molecule has 0 spiro atoms. The van der Waals surface area contributed by atoms with E-state index < -0.39 is 0 Å². The van der Waals surface area contributed by atoms with E-state index in [1.54, 1.807) is 0 Å². The number of hydrogen-bond donors (Lipinski definition) is 2. The van der Waals surface area contributed by atoms with Crippen molar-refractivity contribution < 1.29 is 0 Å². The second kappa shape index (κ2) is 13.5. The fourth-order valence-corrected chi connectivity index (χ4v) is 6.09. The molecular weight excluding hydrogens is 526 g/mol. The van der Waals surface area contributed by atoms with Crippen LogP contribution in [0.25, 0.3) is 16.9 Å². The van der Waals surface area contributed by atoms with Gasteiger partial charge in [-0.15, -0.1) is 0 Å². The Morgan fingerprint density at radius 2 is 1.74 bits per heavy atom. The Morgan fingerprint density at radius 3 is 2.49 bits per heavy atom. The van der Waals surface area contributed by atoms with Gasteiger partial charge in [-0.3, -0.25) is 4.90 Å². The molecule has 4 N–H and O–H groups in total. The number of hydrogen-bond acceptors (Lipinski definition) is 3. The standard InChI is InChI=1S/C38H39N5/c39-21-17-38-36-26-35(29-6-2-1-3-7-29)34(10-4-8-30(36)18-23-42-38)31-13-11-28(12-14-31)27-43-24-19-32(20-25-43)37(40)16-15-33-9-5-22-41-33/h1-14,16-18,22-23,26,32,40,42H,15,19-21,24-25,27,39H2/b8-4?,10-4?,30-8?,34-10?,35-26?,35-34?,36-26?,37-16?,38-17-. The van der Waals surface area contributed by atoms with Gasteiger partial charge >= 0.3 is 5.71 Å². The summed E-state index contributed by atoms with van der Waals surface area (Å²) < 4.78 is 4.32. The predicted molar refractivity (Wildman–Crippen MR) is 182 cm³/mol. The molecule has 0 aromatic heterocycles. The minimum absolute atomic E-state index is 0.349. The average Bonchev–Trinajstić information content (AvgIpc) is 3.56. The molecule has 43 heavy (non-hydrogen) atoms. The number of nitrogens with two attached hydrogens (primary N) is 1. The van der Waals surface area contributed by atoms with Gasteiger partial charge in [-0.05, 0) is 83.5 Å². The fraction of sp³-hybridized carbons (Fsp3) is 0.211. The Morgan fingerprint density at radius 1 is 0.953 bits per heavy atom. The van der Waals surface area contributed by atoms with Gasteiger partial charge in [0.1, 0.15) is 0 Å². The first-order valence-electron chi connectivity index (χ1n) is 15.2. The molecule has 1 fully saturated rings. The molecule has 0 atom stereocenters. The first kappa shape index (κ1) is 28.4. The lowest BCUT2D eigenvalue weighted by molar-refractivity contribution is 0.192. The zero-order chi connectivity index (χ0) is 29.4. The Labute approximate surface area is 255 Å². The van der Waals surface area contributed by atoms with Crippen LogP contribution in [0.15, 0.2) is 138 Å². The normalized spacial score (nSPS) is 20.0. The molecule has 0 saturated carbocycles. The van der Waals surface area contributed by atoms with Gasteiger partial charge in [-0.1, -0.05) is 83.6 Å². The second-order valence-electron chi connectivity index (χ2n) is 11.3. The number of nitrogens with zero attached hydrogens (tertiary/aromatic N) is 2. The van der Waals surface area contributed by atoms with Gasteiger partial charge in [0.05, 0.1) is 6.42 Å². The lowest BCUT2D eigenvalue weighted by atomic mass is 9.87. The van der Waals surface area contributed by atoms with Crippen LogP contribution in [0, 0.1) is 5.92 Å². The van der Waals surface area contributed by atoms with Crippen LogP contribution in [0.4, 0.5) is 0 Å². The lowest BCUT2D eigenvalue weighted by Gasteiger charge is -2.35. The summed E-state index contributed by atoms with van der Waals surface area (Å²) in [5, 5.41) is 3.39. The van der Waals surface area contributed by atoms with Crippen molar-refractivity contribution >= 4 is 23.1 Å². The summed E-state index contributed by atoms with van der Waals surface area (Å²) >= 11 is 0. The maximum atomic E-state index is 8.55. The zero-order valence-electron chi connectivity index (χ0n) is 24.5. The van der Waals surface area contributed by atoms with Crippen molar-refractivity contribution in [2.45, 2.75) is 25.8 Å². The van der Waals surface area contributed by atoms with Crippen molar-refractivity contribution in [2.75, 3.05) is 19.6 Å². The number of likely N-dealkylation sites (tertiary alicyclic amines) is 1. The van der Waals surface area contributed by atoms with Crippen molar-refractivity contribution in [3.05, 3.63) is 160 Å². The second-order valence-corrected chi connectivity index (χ2v) is 11.3. The van der Waals surface area contributed by atoms with Crippen LogP contribution >= 0.6 is 0 Å². The molecule has 0 radical (unpaired) electrons. The first-order chi connectivity index (χ1) is 21.2. The number of benzene rings is 2. The van der Waals surface area contributed by atoms with Gasteiger partial charge in [0.2, 0.25) is 0 Å². The van der Waals surface area contributed by atoms with E-state index >= 15 is 0 Å². The van der Waals surface area contributed by atoms with Crippen molar-refractivity contribution in [1.29, 1.82) is 0 Å². The molecule has 0 unspecified atom stereocenters. The van der Waals surface area contributed by atoms with E-state index in [0.717, 1.165) is 67.1 Å². The summed E-state index contributed by atoms with van der Waals surface area (Å²) in [5.74, 6) is 0.349. The highest BCUT2D eigenvalue weighted by Gasteiger charge is 2.20. The lowest BCUT2D eigenvalue weighted by Crippen LogP contribution is -2.33. The molecule has 216 valence electrons. The SMILES string of the molecule is [NH-]C(=CCC1=[N+]=CC=C1)C1CCN(Cc2ccc(C3=C(c4ccccc4)C=C4C(=CC=C3)C=CN/C4=C\CN)cc2)CC1. The molecule has 5 heteroatoms. The molecule has 4 aliphatic rings. The van der Waals surface area contributed by atoms with Crippen molar-refractivity contribution in [3.63, 3.8) is 0 Å². The summed E-state index contributed by atoms with van der Waals surface area (Å²) in [6.45, 7) is 3.45. The minimum atomic E-state index is 0.349. The van der Waals surface area contributed by atoms with Crippen LogP contribution in [-0.2, 0) is 6.54 Å². The van der Waals surface area contributed by atoms with Gasteiger partial charge in [-0.2, -0.15) is 5.70 Å². The molecule has 0 bridgehead atoms. The van der Waals surface area contributed by atoms with Crippen molar-refractivity contribution in [1.82, 2.24) is 14.9 Å². The van der Waals surface area contributed by atoms with Crippen LogP contribution < -0.4 is 15.7 Å². The van der Waals surface area contributed by atoms with E-state index in [9.17, 15) is 0 Å². The van der Waals surface area contributed by atoms with Crippen LogP contribution in [-0.4, -0.2) is 36.5 Å². The predicted octanol–water partition coefficient (Wildman–Crippen LogP) is 6.67. The van der Waals surface area contributed by atoms with E-state index in [2.05, 4.69) is 99.9 Å². The van der Waals surface area contributed by atoms with Gasteiger partial charge in [0.25, 0.3) is 6.21 Å². The molecule has 5 nitrogen and oxygen atoms in total. The zero-order valence-corrected chi connectivity index (χ0v) is 24.5. The topological polar surface area (TPSA) is 79.2 Å². The Kier molecular flexibility index (Phi) is 8.96. The van der Waals surface area contributed by atoms with Gasteiger partial charge in [-0.25, -0.2) is 0 Å². The number of allylic oxidation sites excluding steroid dienone is 12. The van der Waals surface area contributed by atoms with Crippen LogP contribution in [0.3, 0.4) is 0 Å². The van der Waals surface area contributed by atoms with E-state index in [-0.39, 0.29) is 0 Å². The molecule has 3 aliphatic heterocycles. The maximum Gasteiger partial charge on any atom is 0.307 e. The molecule has 6 rings (SSSR count). The third kappa shape index (κ3) is 6.87. The fourth-order valence-electron chi connectivity index (χ4n) is 6.09. The highest BCUT2D eigenvalue weighted by molar-refractivity contribution is 6.03. The van der Waals surface area contributed by atoms with Crippen molar-refractivity contribution in [2.24, 2.45) is 11.7 Å². The molecule has 0 amide bonds. The summed E-state index contributed by atoms with van der Waals surface area (Å²) in [7, 11) is 0. The van der Waals surface area contributed by atoms with E-state index in [0.29, 0.717) is 12.5 Å². The first-order valence-corrected chi connectivity index (χ1v) is 15.2. The summed E-state index contributed by atoms with van der Waals surface area (Å²) in [6, 6.07) is 19.7. The van der Waals surface area contributed by atoms with Gasteiger partial charge in [0, 0.05) is 42.7 Å². The number of piperidine rings is 1. The van der Waals surface area contributed by atoms with Gasteiger partial charge < -0.3 is 16.8 Å². The molecule has 1 aliphatic carbocycles. The summed E-state index contributed by atoms with van der Waals surface area (Å²) in [6.07, 6.45) is 25.6. The molecule has 2 aromatic carbocycles. The van der Waals surface area contributed by atoms with E-state index in [1.807, 2.05) is 36.7 Å². The quantitative estimate of drug-likeness (QED) is 0.351. The monoisotopic (exact) mass is 565 g/mol. The number of nitrogens with one attached hydrogen (secondary N) is 2. The largest absolute Gasteiger partial charge is 0.702 e. The highest BCUT2D eigenvalue weighted by Crippen LogP contribution is 2.35. The Bertz CT molecular complexity index is 1640. The summed E-state index contributed by atoms with van der Waals surface area (Å²) in [4.78, 5) is 2.52. The minimum Gasteiger partial charge on any atom is -0.702 e. The smallest absolute Gasteiger partial charge is 0.307 e. The third-order valence-corrected chi connectivity index (χ3v) is 8.47. The molecular formula is C38H39N5. The van der Waals surface area contributed by atoms with Crippen LogP contribution in [0.1, 0.15) is 36.0 Å². The Hall–Kier alpha value is -4.67. The molecule has 3 heterocycles.